The van der Waals surface area contributed by atoms with Crippen molar-refractivity contribution >= 4 is 5.91 Å². The van der Waals surface area contributed by atoms with Crippen LogP contribution < -0.4 is 5.32 Å². The van der Waals surface area contributed by atoms with Crippen molar-refractivity contribution in [1.82, 2.24) is 5.32 Å². The van der Waals surface area contributed by atoms with Gasteiger partial charge in [-0.15, -0.1) is 0 Å². The Hall–Kier alpha value is -2.53. The van der Waals surface area contributed by atoms with Crippen molar-refractivity contribution in [3.05, 3.63) is 71.3 Å². The monoisotopic (exact) mass is 277 g/mol. The molecule has 2 rings (SSSR count). The van der Waals surface area contributed by atoms with Gasteiger partial charge in [-0.25, -0.2) is 0 Å². The number of amides is 1. The number of hydrogen-bond acceptors (Lipinski definition) is 1. The normalized spacial score (nSPS) is 9.86. The molecule has 0 aromatic heterocycles. The van der Waals surface area contributed by atoms with Gasteiger partial charge in [-0.3, -0.25) is 4.79 Å². The Morgan fingerprint density at radius 1 is 1.00 bits per heavy atom. The van der Waals surface area contributed by atoms with Crippen molar-refractivity contribution in [1.29, 1.82) is 0 Å². The van der Waals surface area contributed by atoms with Gasteiger partial charge in [0, 0.05) is 23.2 Å². The maximum absolute atomic E-state index is 12.0. The van der Waals surface area contributed by atoms with Gasteiger partial charge in [0.15, 0.2) is 0 Å². The molecule has 0 atom stereocenters. The second-order valence-electron chi connectivity index (χ2n) is 5.30. The molecule has 0 spiro atoms. The highest BCUT2D eigenvalue weighted by molar-refractivity contribution is 5.94. The lowest BCUT2D eigenvalue weighted by atomic mass is 10.1. The first-order chi connectivity index (χ1) is 10.1. The van der Waals surface area contributed by atoms with Crippen molar-refractivity contribution in [2.24, 2.45) is 5.92 Å². The van der Waals surface area contributed by atoms with Crippen molar-refractivity contribution < 1.29 is 4.79 Å². The summed E-state index contributed by atoms with van der Waals surface area (Å²) in [5.74, 6) is 6.58. The van der Waals surface area contributed by atoms with E-state index in [1.54, 1.807) is 0 Å². The number of hydrogen-bond donors (Lipinski definition) is 1. The standard InChI is InChI=1S/C19H19NO/c1-15(2)14-20-19(21)18-10-6-9-17(13-18)12-11-16-7-4-3-5-8-16/h3-10,13,15H,14H2,1-2H3,(H,20,21). The molecule has 0 bridgehead atoms. The van der Waals surface area contributed by atoms with Crippen LogP contribution in [0.1, 0.15) is 35.3 Å². The van der Waals surface area contributed by atoms with Crippen LogP contribution in [-0.4, -0.2) is 12.5 Å². The molecule has 0 unspecified atom stereocenters. The second-order valence-corrected chi connectivity index (χ2v) is 5.30. The maximum Gasteiger partial charge on any atom is 0.251 e. The van der Waals surface area contributed by atoms with E-state index in [1.807, 2.05) is 54.6 Å². The Bertz CT molecular complexity index is 663. The molecule has 2 aromatic rings. The number of nitrogens with one attached hydrogen (secondary N) is 1. The van der Waals surface area contributed by atoms with Gasteiger partial charge in [0.2, 0.25) is 0 Å². The van der Waals surface area contributed by atoms with Crippen molar-refractivity contribution in [3.8, 4) is 11.8 Å². The Labute approximate surface area is 126 Å². The zero-order valence-electron chi connectivity index (χ0n) is 12.4. The highest BCUT2D eigenvalue weighted by atomic mass is 16.1. The summed E-state index contributed by atoms with van der Waals surface area (Å²) in [6, 6.07) is 17.2. The van der Waals surface area contributed by atoms with E-state index in [-0.39, 0.29) is 5.91 Å². The van der Waals surface area contributed by atoms with Crippen LogP contribution in [0.3, 0.4) is 0 Å². The molecule has 0 fully saturated rings. The molecule has 2 aromatic carbocycles. The minimum atomic E-state index is -0.0490. The third-order valence-electron chi connectivity index (χ3n) is 2.92. The van der Waals surface area contributed by atoms with Crippen LogP contribution in [0.4, 0.5) is 0 Å². The Morgan fingerprint density at radius 2 is 1.67 bits per heavy atom. The average molecular weight is 277 g/mol. The van der Waals surface area contributed by atoms with E-state index in [2.05, 4.69) is 31.0 Å². The lowest BCUT2D eigenvalue weighted by molar-refractivity contribution is 0.0949. The molecule has 21 heavy (non-hydrogen) atoms. The first-order valence-electron chi connectivity index (χ1n) is 7.10. The van der Waals surface area contributed by atoms with E-state index < -0.39 is 0 Å². The van der Waals surface area contributed by atoms with E-state index in [9.17, 15) is 4.79 Å². The van der Waals surface area contributed by atoms with Gasteiger partial charge in [-0.1, -0.05) is 50.0 Å². The van der Waals surface area contributed by atoms with E-state index in [4.69, 9.17) is 0 Å². The molecule has 1 amide bonds. The largest absolute Gasteiger partial charge is 0.352 e. The molecular formula is C19H19NO. The predicted molar refractivity (Wildman–Crippen MR) is 86.0 cm³/mol. The summed E-state index contributed by atoms with van der Waals surface area (Å²) in [6.07, 6.45) is 0. The van der Waals surface area contributed by atoms with Gasteiger partial charge < -0.3 is 5.32 Å². The van der Waals surface area contributed by atoms with Gasteiger partial charge in [0.1, 0.15) is 0 Å². The summed E-state index contributed by atoms with van der Waals surface area (Å²) < 4.78 is 0. The van der Waals surface area contributed by atoms with Crippen molar-refractivity contribution in [3.63, 3.8) is 0 Å². The summed E-state index contributed by atoms with van der Waals surface area (Å²) in [7, 11) is 0. The van der Waals surface area contributed by atoms with E-state index in [0.29, 0.717) is 18.0 Å². The van der Waals surface area contributed by atoms with Crippen LogP contribution in [0, 0.1) is 17.8 Å². The van der Waals surface area contributed by atoms with Gasteiger partial charge in [-0.05, 0) is 36.2 Å². The molecule has 2 heteroatoms. The zero-order valence-corrected chi connectivity index (χ0v) is 12.4. The Kier molecular flexibility index (Phi) is 5.17. The van der Waals surface area contributed by atoms with Crippen molar-refractivity contribution in [2.45, 2.75) is 13.8 Å². The van der Waals surface area contributed by atoms with Crippen LogP contribution >= 0.6 is 0 Å². The zero-order chi connectivity index (χ0) is 15.1. The molecule has 0 saturated heterocycles. The summed E-state index contributed by atoms with van der Waals surface area (Å²) in [5, 5.41) is 2.91. The second kappa shape index (κ2) is 7.31. The molecule has 0 heterocycles. The molecule has 0 saturated carbocycles. The van der Waals surface area contributed by atoms with E-state index >= 15 is 0 Å². The lowest BCUT2D eigenvalue weighted by Crippen LogP contribution is -2.27. The average Bonchev–Trinajstić information content (AvgIpc) is 2.52. The maximum atomic E-state index is 12.0. The predicted octanol–water partition coefficient (Wildman–Crippen LogP) is 3.47. The minimum Gasteiger partial charge on any atom is -0.352 e. The molecule has 1 N–H and O–H groups in total. The van der Waals surface area contributed by atoms with Crippen LogP contribution in [0.5, 0.6) is 0 Å². The third-order valence-corrected chi connectivity index (χ3v) is 2.92. The van der Waals surface area contributed by atoms with E-state index in [1.165, 1.54) is 0 Å². The number of benzene rings is 2. The molecule has 106 valence electrons. The minimum absolute atomic E-state index is 0.0490. The molecule has 2 nitrogen and oxygen atoms in total. The number of rotatable bonds is 3. The first kappa shape index (κ1) is 14.9. The van der Waals surface area contributed by atoms with Gasteiger partial charge in [0.05, 0.1) is 0 Å². The molecule has 0 aliphatic carbocycles. The quantitative estimate of drug-likeness (QED) is 0.855. The number of carbonyl (C=O) groups is 1. The third kappa shape index (κ3) is 4.81. The molecule has 0 aliphatic rings. The topological polar surface area (TPSA) is 29.1 Å². The Balaban J connectivity index is 2.11. The lowest BCUT2D eigenvalue weighted by Gasteiger charge is -2.07. The smallest absolute Gasteiger partial charge is 0.251 e. The molecular weight excluding hydrogens is 258 g/mol. The van der Waals surface area contributed by atoms with Crippen LogP contribution in [-0.2, 0) is 0 Å². The summed E-state index contributed by atoms with van der Waals surface area (Å²) >= 11 is 0. The van der Waals surface area contributed by atoms with Gasteiger partial charge in [0.25, 0.3) is 5.91 Å². The SMILES string of the molecule is CC(C)CNC(=O)c1cccc(C#Cc2ccccc2)c1. The molecule has 0 radical (unpaired) electrons. The van der Waals surface area contributed by atoms with Crippen molar-refractivity contribution in [2.75, 3.05) is 6.54 Å². The highest BCUT2D eigenvalue weighted by Crippen LogP contribution is 2.05. The van der Waals surface area contributed by atoms with Gasteiger partial charge in [-0.2, -0.15) is 0 Å². The van der Waals surface area contributed by atoms with Crippen LogP contribution in [0.25, 0.3) is 0 Å². The summed E-state index contributed by atoms with van der Waals surface area (Å²) in [5.41, 5.74) is 2.46. The van der Waals surface area contributed by atoms with Crippen LogP contribution in [0.2, 0.25) is 0 Å². The van der Waals surface area contributed by atoms with Gasteiger partial charge >= 0.3 is 0 Å². The fourth-order valence-electron chi connectivity index (χ4n) is 1.80. The molecule has 0 aliphatic heterocycles. The fraction of sp³-hybridized carbons (Fsp3) is 0.211. The highest BCUT2D eigenvalue weighted by Gasteiger charge is 2.05. The van der Waals surface area contributed by atoms with E-state index in [0.717, 1.165) is 11.1 Å². The Morgan fingerprint density at radius 3 is 2.38 bits per heavy atom. The summed E-state index contributed by atoms with van der Waals surface area (Å²) in [4.78, 5) is 12.0. The number of carbonyl (C=O) groups excluding carboxylic acids is 1. The first-order valence-corrected chi connectivity index (χ1v) is 7.10. The summed E-state index contributed by atoms with van der Waals surface area (Å²) in [6.45, 7) is 4.82. The fourth-order valence-corrected chi connectivity index (χ4v) is 1.80. The van der Waals surface area contributed by atoms with Crippen LogP contribution in [0.15, 0.2) is 54.6 Å².